The first-order valence-corrected chi connectivity index (χ1v) is 11.9. The fourth-order valence-corrected chi connectivity index (χ4v) is 5.19. The number of rotatable bonds is 4. The van der Waals surface area contributed by atoms with E-state index in [0.717, 1.165) is 44.3 Å². The smallest absolute Gasteiger partial charge is 0.211 e. The molecule has 0 saturated heterocycles. The SMILES string of the molecule is COc1ccc(Cc2nc3c(c4c2[nH]c2ccccc24)CCN(S(C)(=O)=O)C3)cc1F. The molecule has 1 aliphatic rings. The normalized spacial score (nSPS) is 14.8. The van der Waals surface area contributed by atoms with E-state index >= 15 is 0 Å². The topological polar surface area (TPSA) is 75.3 Å². The number of methoxy groups -OCH3 is 1. The van der Waals surface area contributed by atoms with Crippen LogP contribution in [0.15, 0.2) is 42.5 Å². The van der Waals surface area contributed by atoms with Crippen molar-refractivity contribution in [2.45, 2.75) is 19.4 Å². The van der Waals surface area contributed by atoms with Crippen LogP contribution in [0.2, 0.25) is 0 Å². The minimum absolute atomic E-state index is 0.196. The maximum atomic E-state index is 14.3. The van der Waals surface area contributed by atoms with Crippen LogP contribution in [-0.4, -0.2) is 42.6 Å². The Morgan fingerprint density at radius 2 is 2.03 bits per heavy atom. The van der Waals surface area contributed by atoms with Crippen LogP contribution in [0.25, 0.3) is 21.8 Å². The Morgan fingerprint density at radius 1 is 1.23 bits per heavy atom. The largest absolute Gasteiger partial charge is 0.494 e. The van der Waals surface area contributed by atoms with E-state index in [-0.39, 0.29) is 12.3 Å². The number of aromatic nitrogens is 2. The molecule has 31 heavy (non-hydrogen) atoms. The summed E-state index contributed by atoms with van der Waals surface area (Å²) in [5.74, 6) is -0.226. The highest BCUT2D eigenvalue weighted by molar-refractivity contribution is 7.88. The van der Waals surface area contributed by atoms with E-state index in [1.165, 1.54) is 23.7 Å². The van der Waals surface area contributed by atoms with E-state index in [1.807, 2.05) is 24.3 Å². The fraction of sp³-hybridized carbons (Fsp3) is 0.261. The van der Waals surface area contributed by atoms with E-state index in [0.29, 0.717) is 19.4 Å². The lowest BCUT2D eigenvalue weighted by molar-refractivity contribution is 0.386. The van der Waals surface area contributed by atoms with Gasteiger partial charge in [-0.1, -0.05) is 24.3 Å². The second-order valence-electron chi connectivity index (χ2n) is 7.90. The summed E-state index contributed by atoms with van der Waals surface area (Å²) >= 11 is 0. The number of halogens is 1. The molecular weight excluding hydrogens is 417 g/mol. The third-order valence-electron chi connectivity index (χ3n) is 5.91. The molecule has 0 aliphatic carbocycles. The van der Waals surface area contributed by atoms with Gasteiger partial charge in [-0.15, -0.1) is 0 Å². The summed E-state index contributed by atoms with van der Waals surface area (Å²) in [7, 11) is -1.88. The number of hydrogen-bond donors (Lipinski definition) is 1. The Morgan fingerprint density at radius 3 is 2.77 bits per heavy atom. The zero-order valence-electron chi connectivity index (χ0n) is 17.3. The number of fused-ring (bicyclic) bond motifs is 5. The van der Waals surface area contributed by atoms with Crippen molar-refractivity contribution in [3.05, 3.63) is 70.8 Å². The molecule has 3 heterocycles. The molecule has 0 saturated carbocycles. The molecule has 2 aromatic carbocycles. The van der Waals surface area contributed by atoms with Crippen molar-refractivity contribution in [2.24, 2.45) is 0 Å². The highest BCUT2D eigenvalue weighted by atomic mass is 32.2. The minimum atomic E-state index is -3.31. The molecule has 0 amide bonds. The summed E-state index contributed by atoms with van der Waals surface area (Å²) in [6.07, 6.45) is 2.24. The molecule has 0 atom stereocenters. The van der Waals surface area contributed by atoms with E-state index in [1.54, 1.807) is 6.07 Å². The monoisotopic (exact) mass is 439 g/mol. The van der Waals surface area contributed by atoms with Crippen molar-refractivity contribution in [3.8, 4) is 5.75 Å². The number of para-hydroxylation sites is 1. The third-order valence-corrected chi connectivity index (χ3v) is 7.16. The van der Waals surface area contributed by atoms with Gasteiger partial charge in [-0.3, -0.25) is 4.98 Å². The van der Waals surface area contributed by atoms with Crippen LogP contribution in [0.3, 0.4) is 0 Å². The van der Waals surface area contributed by atoms with E-state index in [2.05, 4.69) is 11.1 Å². The van der Waals surface area contributed by atoms with Gasteiger partial charge in [0.2, 0.25) is 10.0 Å². The highest BCUT2D eigenvalue weighted by Gasteiger charge is 2.28. The molecule has 0 unspecified atom stereocenters. The third kappa shape index (κ3) is 3.45. The van der Waals surface area contributed by atoms with Crippen molar-refractivity contribution >= 4 is 31.8 Å². The van der Waals surface area contributed by atoms with E-state index < -0.39 is 15.8 Å². The number of ether oxygens (including phenoxy) is 1. The van der Waals surface area contributed by atoms with Gasteiger partial charge < -0.3 is 9.72 Å². The summed E-state index contributed by atoms with van der Waals surface area (Å²) in [4.78, 5) is 8.36. The van der Waals surface area contributed by atoms with Crippen LogP contribution in [0.1, 0.15) is 22.5 Å². The zero-order valence-corrected chi connectivity index (χ0v) is 18.1. The molecule has 6 nitrogen and oxygen atoms in total. The maximum absolute atomic E-state index is 14.3. The number of aromatic amines is 1. The van der Waals surface area contributed by atoms with Gasteiger partial charge >= 0.3 is 0 Å². The van der Waals surface area contributed by atoms with Crippen molar-refractivity contribution in [3.63, 3.8) is 0 Å². The molecular formula is C23H22FN3O3S. The van der Waals surface area contributed by atoms with Crippen LogP contribution in [0.4, 0.5) is 4.39 Å². The van der Waals surface area contributed by atoms with Crippen LogP contribution in [0.5, 0.6) is 5.75 Å². The summed E-state index contributed by atoms with van der Waals surface area (Å²) in [5, 5.41) is 2.17. The van der Waals surface area contributed by atoms with Gasteiger partial charge in [-0.25, -0.2) is 12.8 Å². The molecule has 0 radical (unpaired) electrons. The Balaban J connectivity index is 1.70. The zero-order chi connectivity index (χ0) is 21.8. The van der Waals surface area contributed by atoms with Gasteiger partial charge in [-0.2, -0.15) is 4.31 Å². The number of H-pyrrole nitrogens is 1. The van der Waals surface area contributed by atoms with Crippen molar-refractivity contribution in [2.75, 3.05) is 19.9 Å². The molecule has 1 aliphatic heterocycles. The quantitative estimate of drug-likeness (QED) is 0.525. The molecule has 5 rings (SSSR count). The predicted octanol–water partition coefficient (Wildman–Crippen LogP) is 3.77. The molecule has 1 N–H and O–H groups in total. The van der Waals surface area contributed by atoms with Crippen LogP contribution in [0, 0.1) is 5.82 Å². The molecule has 0 spiro atoms. The lowest BCUT2D eigenvalue weighted by atomic mass is 9.97. The number of sulfonamides is 1. The lowest BCUT2D eigenvalue weighted by Gasteiger charge is -2.27. The van der Waals surface area contributed by atoms with Crippen molar-refractivity contribution in [1.82, 2.24) is 14.3 Å². The summed E-state index contributed by atoms with van der Waals surface area (Å²) in [6.45, 7) is 0.679. The second-order valence-corrected chi connectivity index (χ2v) is 9.88. The van der Waals surface area contributed by atoms with E-state index in [9.17, 15) is 12.8 Å². The molecule has 8 heteroatoms. The summed E-state index contributed by atoms with van der Waals surface area (Å²) < 4.78 is 45.0. The number of pyridine rings is 1. The van der Waals surface area contributed by atoms with E-state index in [4.69, 9.17) is 9.72 Å². The van der Waals surface area contributed by atoms with Gasteiger partial charge in [0.1, 0.15) is 0 Å². The minimum Gasteiger partial charge on any atom is -0.494 e. The molecule has 0 fully saturated rings. The molecule has 160 valence electrons. The predicted molar refractivity (Wildman–Crippen MR) is 118 cm³/mol. The summed E-state index contributed by atoms with van der Waals surface area (Å²) in [6, 6.07) is 12.9. The van der Waals surface area contributed by atoms with Gasteiger partial charge in [-0.05, 0) is 35.7 Å². The first-order valence-electron chi connectivity index (χ1n) is 10.0. The fourth-order valence-electron chi connectivity index (χ4n) is 4.41. The number of hydrogen-bond acceptors (Lipinski definition) is 4. The number of benzene rings is 2. The molecule has 0 bridgehead atoms. The summed E-state index contributed by atoms with van der Waals surface area (Å²) in [5.41, 5.74) is 5.30. The van der Waals surface area contributed by atoms with Crippen molar-refractivity contribution < 1.29 is 17.5 Å². The van der Waals surface area contributed by atoms with Crippen LogP contribution >= 0.6 is 0 Å². The Labute approximate surface area is 179 Å². The standard InChI is InChI=1S/C23H22FN3O3S/c1-30-21-8-7-14(11-17(21)24)12-19-23-22(15-5-3-4-6-18(15)26-23)16-9-10-27(31(2,28)29)13-20(16)25-19/h3-8,11,26H,9-10,12-13H2,1-2H3. The van der Waals surface area contributed by atoms with Crippen LogP contribution < -0.4 is 4.74 Å². The van der Waals surface area contributed by atoms with Gasteiger partial charge in [0.25, 0.3) is 0 Å². The Kier molecular flexibility index (Phi) is 4.71. The van der Waals surface area contributed by atoms with Crippen molar-refractivity contribution in [1.29, 1.82) is 0 Å². The first-order chi connectivity index (χ1) is 14.8. The number of nitrogens with zero attached hydrogens (tertiary/aromatic N) is 2. The highest BCUT2D eigenvalue weighted by Crippen LogP contribution is 2.35. The van der Waals surface area contributed by atoms with Gasteiger partial charge in [0, 0.05) is 29.3 Å². The second kappa shape index (κ2) is 7.32. The van der Waals surface area contributed by atoms with Gasteiger partial charge in [0.15, 0.2) is 11.6 Å². The molecule has 2 aromatic heterocycles. The Bertz CT molecular complexity index is 1430. The average Bonchev–Trinajstić information content (AvgIpc) is 3.13. The average molecular weight is 440 g/mol. The van der Waals surface area contributed by atoms with Gasteiger partial charge in [0.05, 0.1) is 36.8 Å². The lowest BCUT2D eigenvalue weighted by Crippen LogP contribution is -2.36. The maximum Gasteiger partial charge on any atom is 0.211 e. The Hall–Kier alpha value is -2.97. The number of nitrogens with one attached hydrogen (secondary N) is 1. The molecule has 4 aromatic rings. The first kappa shape index (κ1) is 20.0. The van der Waals surface area contributed by atoms with Crippen LogP contribution in [-0.2, 0) is 29.4 Å².